The van der Waals surface area contributed by atoms with Crippen molar-refractivity contribution in [1.82, 2.24) is 4.90 Å². The van der Waals surface area contributed by atoms with Gasteiger partial charge in [0.1, 0.15) is 5.60 Å². The molecule has 1 unspecified atom stereocenters. The van der Waals surface area contributed by atoms with E-state index in [0.717, 1.165) is 32.2 Å². The number of carbonyl (C=O) groups excluding carboxylic acids is 2. The smallest absolute Gasteiger partial charge is 0.410 e. The molecule has 4 heteroatoms. The van der Waals surface area contributed by atoms with Crippen molar-refractivity contribution in [3.63, 3.8) is 0 Å². The number of ketones is 1. The van der Waals surface area contributed by atoms with Crippen molar-refractivity contribution in [2.24, 2.45) is 5.41 Å². The lowest BCUT2D eigenvalue weighted by molar-refractivity contribution is -0.117. The van der Waals surface area contributed by atoms with Crippen LogP contribution in [0.3, 0.4) is 0 Å². The molecule has 1 atom stereocenters. The predicted octanol–water partition coefficient (Wildman–Crippen LogP) is 3.31. The minimum Gasteiger partial charge on any atom is -0.444 e. The first-order valence-corrected chi connectivity index (χ1v) is 7.47. The molecule has 112 valence electrons. The number of rotatable bonds is 0. The molecule has 1 fully saturated rings. The summed E-state index contributed by atoms with van der Waals surface area (Å²) in [4.78, 5) is 25.6. The number of hydrogen-bond acceptors (Lipinski definition) is 3. The van der Waals surface area contributed by atoms with E-state index in [-0.39, 0.29) is 17.3 Å². The highest BCUT2D eigenvalue weighted by Crippen LogP contribution is 2.41. The molecule has 20 heavy (non-hydrogen) atoms. The summed E-state index contributed by atoms with van der Waals surface area (Å²) in [7, 11) is 0. The zero-order valence-corrected chi connectivity index (χ0v) is 12.8. The summed E-state index contributed by atoms with van der Waals surface area (Å²) < 4.78 is 5.44. The summed E-state index contributed by atoms with van der Waals surface area (Å²) in [5, 5.41) is 0. The van der Waals surface area contributed by atoms with Crippen LogP contribution in [0.5, 0.6) is 0 Å². The van der Waals surface area contributed by atoms with Gasteiger partial charge in [-0.25, -0.2) is 4.79 Å². The van der Waals surface area contributed by atoms with Crippen LogP contribution in [0.4, 0.5) is 4.79 Å². The number of hydrogen-bond donors (Lipinski definition) is 0. The Labute approximate surface area is 121 Å². The van der Waals surface area contributed by atoms with Gasteiger partial charge in [0.15, 0.2) is 5.78 Å². The SMILES string of the molecule is CC(C)(C)OC(=O)N1CCCC2(CC=CC(=O)C2)CC1. The number of likely N-dealkylation sites (tertiary alicyclic amines) is 1. The van der Waals surface area contributed by atoms with Crippen molar-refractivity contribution in [3.05, 3.63) is 12.2 Å². The Kier molecular flexibility index (Phi) is 4.21. The van der Waals surface area contributed by atoms with E-state index >= 15 is 0 Å². The monoisotopic (exact) mass is 279 g/mol. The number of allylic oxidation sites excluding steroid dienone is 2. The fraction of sp³-hybridized carbons (Fsp3) is 0.750. The topological polar surface area (TPSA) is 46.6 Å². The predicted molar refractivity (Wildman–Crippen MR) is 77.5 cm³/mol. The van der Waals surface area contributed by atoms with Crippen molar-refractivity contribution in [1.29, 1.82) is 0 Å². The Morgan fingerprint density at radius 3 is 2.70 bits per heavy atom. The normalized spacial score (nSPS) is 27.6. The molecule has 1 spiro atoms. The number of ether oxygens (including phenoxy) is 1. The van der Waals surface area contributed by atoms with Crippen LogP contribution in [0.25, 0.3) is 0 Å². The van der Waals surface area contributed by atoms with Crippen molar-refractivity contribution < 1.29 is 14.3 Å². The number of carbonyl (C=O) groups is 2. The zero-order valence-electron chi connectivity index (χ0n) is 12.8. The van der Waals surface area contributed by atoms with E-state index in [1.165, 1.54) is 0 Å². The largest absolute Gasteiger partial charge is 0.444 e. The van der Waals surface area contributed by atoms with Gasteiger partial charge in [0.25, 0.3) is 0 Å². The molecular formula is C16H25NO3. The molecule has 1 aliphatic heterocycles. The lowest BCUT2D eigenvalue weighted by atomic mass is 9.71. The van der Waals surface area contributed by atoms with Crippen LogP contribution in [0, 0.1) is 5.41 Å². The van der Waals surface area contributed by atoms with Gasteiger partial charge in [-0.3, -0.25) is 4.79 Å². The number of amides is 1. The first-order valence-electron chi connectivity index (χ1n) is 7.47. The molecule has 1 aliphatic carbocycles. The maximum absolute atomic E-state index is 12.1. The van der Waals surface area contributed by atoms with Crippen LogP contribution >= 0.6 is 0 Å². The third kappa shape index (κ3) is 3.84. The summed E-state index contributed by atoms with van der Waals surface area (Å²) in [6.45, 7) is 7.07. The summed E-state index contributed by atoms with van der Waals surface area (Å²) in [6.07, 6.45) is 7.90. The van der Waals surface area contributed by atoms with Gasteiger partial charge in [-0.2, -0.15) is 0 Å². The Hall–Kier alpha value is -1.32. The molecule has 1 heterocycles. The van der Waals surface area contributed by atoms with Crippen LogP contribution in [0.2, 0.25) is 0 Å². The average Bonchev–Trinajstić information content (AvgIpc) is 2.50. The molecular weight excluding hydrogens is 254 g/mol. The molecule has 1 amide bonds. The summed E-state index contributed by atoms with van der Waals surface area (Å²) >= 11 is 0. The minimum atomic E-state index is -0.454. The zero-order chi connectivity index (χ0) is 14.8. The van der Waals surface area contributed by atoms with Gasteiger partial charge in [0, 0.05) is 19.5 Å². The second-order valence-corrected chi connectivity index (χ2v) is 7.07. The third-order valence-electron chi connectivity index (χ3n) is 4.10. The third-order valence-corrected chi connectivity index (χ3v) is 4.10. The highest BCUT2D eigenvalue weighted by molar-refractivity contribution is 5.91. The molecule has 2 aliphatic rings. The summed E-state index contributed by atoms with van der Waals surface area (Å²) in [5.74, 6) is 0.224. The van der Waals surface area contributed by atoms with Crippen molar-refractivity contribution in [2.45, 2.75) is 58.5 Å². The molecule has 0 aromatic heterocycles. The van der Waals surface area contributed by atoms with E-state index in [9.17, 15) is 9.59 Å². The Bertz CT molecular complexity index is 422. The van der Waals surface area contributed by atoms with Crippen molar-refractivity contribution >= 4 is 11.9 Å². The molecule has 0 radical (unpaired) electrons. The summed E-state index contributed by atoms with van der Waals surface area (Å²) in [6, 6.07) is 0. The van der Waals surface area contributed by atoms with Crippen LogP contribution in [0.1, 0.15) is 52.9 Å². The van der Waals surface area contributed by atoms with Crippen LogP contribution in [-0.4, -0.2) is 35.5 Å². The van der Waals surface area contributed by atoms with Gasteiger partial charge in [-0.15, -0.1) is 0 Å². The lowest BCUT2D eigenvalue weighted by Crippen LogP contribution is -2.38. The average molecular weight is 279 g/mol. The van der Waals surface area contributed by atoms with Gasteiger partial charge < -0.3 is 9.64 Å². The minimum absolute atomic E-state index is 0.0720. The molecule has 0 aromatic carbocycles. The Morgan fingerprint density at radius 1 is 1.30 bits per heavy atom. The fourth-order valence-electron chi connectivity index (χ4n) is 3.08. The van der Waals surface area contributed by atoms with Gasteiger partial charge >= 0.3 is 6.09 Å². The van der Waals surface area contributed by atoms with Gasteiger partial charge in [-0.1, -0.05) is 6.08 Å². The van der Waals surface area contributed by atoms with Gasteiger partial charge in [0.05, 0.1) is 0 Å². The second-order valence-electron chi connectivity index (χ2n) is 7.07. The van der Waals surface area contributed by atoms with Crippen molar-refractivity contribution in [3.8, 4) is 0 Å². The first-order chi connectivity index (χ1) is 9.30. The van der Waals surface area contributed by atoms with Crippen LogP contribution in [0.15, 0.2) is 12.2 Å². The van der Waals surface area contributed by atoms with Crippen LogP contribution < -0.4 is 0 Å². The standard InChI is InChI=1S/C16H25NO3/c1-15(2,3)20-14(19)17-10-5-8-16(9-11-17)7-4-6-13(18)12-16/h4,6H,5,7-12H2,1-3H3. The quantitative estimate of drug-likeness (QED) is 0.683. The van der Waals surface area contributed by atoms with E-state index < -0.39 is 5.60 Å². The molecule has 0 saturated carbocycles. The maximum Gasteiger partial charge on any atom is 0.410 e. The molecule has 0 bridgehead atoms. The fourth-order valence-corrected chi connectivity index (χ4v) is 3.08. The summed E-state index contributed by atoms with van der Waals surface area (Å²) in [5.41, 5.74) is -0.382. The maximum atomic E-state index is 12.1. The second kappa shape index (κ2) is 5.58. The van der Waals surface area contributed by atoms with E-state index in [1.807, 2.05) is 26.8 Å². The highest BCUT2D eigenvalue weighted by Gasteiger charge is 2.36. The van der Waals surface area contributed by atoms with Crippen LogP contribution in [-0.2, 0) is 9.53 Å². The Balaban J connectivity index is 1.97. The molecule has 0 aromatic rings. The molecule has 4 nitrogen and oxygen atoms in total. The molecule has 2 rings (SSSR count). The highest BCUT2D eigenvalue weighted by atomic mass is 16.6. The van der Waals surface area contributed by atoms with E-state index in [4.69, 9.17) is 4.74 Å². The van der Waals surface area contributed by atoms with Crippen molar-refractivity contribution in [2.75, 3.05) is 13.1 Å². The van der Waals surface area contributed by atoms with Gasteiger partial charge in [-0.05, 0) is 57.9 Å². The lowest BCUT2D eigenvalue weighted by Gasteiger charge is -2.33. The first kappa shape index (κ1) is 15.1. The van der Waals surface area contributed by atoms with E-state index in [1.54, 1.807) is 11.0 Å². The van der Waals surface area contributed by atoms with E-state index in [2.05, 4.69) is 0 Å². The van der Waals surface area contributed by atoms with E-state index in [0.29, 0.717) is 13.0 Å². The Morgan fingerprint density at radius 2 is 2.05 bits per heavy atom. The molecule has 1 saturated heterocycles. The van der Waals surface area contributed by atoms with Gasteiger partial charge in [0.2, 0.25) is 0 Å². The molecule has 0 N–H and O–H groups in total. The number of nitrogens with zero attached hydrogens (tertiary/aromatic N) is 1.